The molecule has 106 valence electrons. The van der Waals surface area contributed by atoms with Crippen LogP contribution in [-0.2, 0) is 0 Å². The number of rotatable bonds is 4. The Labute approximate surface area is 115 Å². The van der Waals surface area contributed by atoms with Crippen molar-refractivity contribution in [1.29, 1.82) is 0 Å². The van der Waals surface area contributed by atoms with Crippen LogP contribution in [0.3, 0.4) is 0 Å². The van der Waals surface area contributed by atoms with E-state index in [1.165, 1.54) is 5.56 Å². The fourth-order valence-electron chi connectivity index (χ4n) is 2.99. The average Bonchev–Trinajstić information content (AvgIpc) is 2.46. The molecule has 0 radical (unpaired) electrons. The Kier molecular flexibility index (Phi) is 4.66. The maximum atomic E-state index is 5.96. The van der Waals surface area contributed by atoms with Gasteiger partial charge in [0, 0.05) is 12.1 Å². The molecule has 2 atom stereocenters. The van der Waals surface area contributed by atoms with E-state index in [0.717, 1.165) is 31.0 Å². The Hall–Kier alpha value is -1.26. The minimum absolute atomic E-state index is 0.450. The van der Waals surface area contributed by atoms with Crippen LogP contribution in [0.1, 0.15) is 17.9 Å². The molecular weight excluding hydrogens is 240 g/mol. The largest absolute Gasteiger partial charge is 0.497 e. The van der Waals surface area contributed by atoms with Crippen LogP contribution in [0.2, 0.25) is 0 Å². The highest BCUT2D eigenvalue weighted by atomic mass is 16.5. The van der Waals surface area contributed by atoms with Crippen molar-refractivity contribution in [3.8, 4) is 11.5 Å². The van der Waals surface area contributed by atoms with Crippen LogP contribution in [0.15, 0.2) is 18.2 Å². The average molecular weight is 264 g/mol. The second-order valence-corrected chi connectivity index (χ2v) is 5.26. The maximum absolute atomic E-state index is 5.96. The summed E-state index contributed by atoms with van der Waals surface area (Å²) in [6, 6.07) is 6.02. The molecule has 2 N–H and O–H groups in total. The van der Waals surface area contributed by atoms with Crippen LogP contribution in [-0.4, -0.2) is 45.8 Å². The van der Waals surface area contributed by atoms with E-state index < -0.39 is 0 Å². The normalized spacial score (nSPS) is 24.2. The van der Waals surface area contributed by atoms with E-state index in [1.54, 1.807) is 14.2 Å². The monoisotopic (exact) mass is 264 g/mol. The van der Waals surface area contributed by atoms with Gasteiger partial charge in [0.05, 0.1) is 14.2 Å². The van der Waals surface area contributed by atoms with E-state index in [0.29, 0.717) is 18.4 Å². The number of ether oxygens (including phenoxy) is 2. The minimum Gasteiger partial charge on any atom is -0.497 e. The lowest BCUT2D eigenvalue weighted by atomic mass is 9.80. The number of benzene rings is 1. The lowest BCUT2D eigenvalue weighted by Crippen LogP contribution is -2.40. The molecule has 4 nitrogen and oxygen atoms in total. The molecule has 1 aromatic carbocycles. The molecule has 0 saturated carbocycles. The third-order valence-electron chi connectivity index (χ3n) is 4.08. The Morgan fingerprint density at radius 1 is 1.32 bits per heavy atom. The van der Waals surface area contributed by atoms with Gasteiger partial charge >= 0.3 is 0 Å². The van der Waals surface area contributed by atoms with Crippen molar-refractivity contribution in [3.05, 3.63) is 23.8 Å². The molecule has 1 aromatic rings. The summed E-state index contributed by atoms with van der Waals surface area (Å²) < 4.78 is 10.8. The van der Waals surface area contributed by atoms with E-state index in [2.05, 4.69) is 18.0 Å². The predicted octanol–water partition coefficient (Wildman–Crippen LogP) is 1.70. The second-order valence-electron chi connectivity index (χ2n) is 5.26. The van der Waals surface area contributed by atoms with Crippen LogP contribution in [0.25, 0.3) is 0 Å². The zero-order valence-electron chi connectivity index (χ0n) is 12.1. The Morgan fingerprint density at radius 2 is 2.11 bits per heavy atom. The number of nitrogens with two attached hydrogens (primary N) is 1. The molecule has 0 bridgehead atoms. The first kappa shape index (κ1) is 14.2. The molecule has 1 aliphatic heterocycles. The number of piperidine rings is 1. The van der Waals surface area contributed by atoms with Crippen molar-refractivity contribution >= 4 is 0 Å². The Bertz CT molecular complexity index is 423. The van der Waals surface area contributed by atoms with Gasteiger partial charge in [0.2, 0.25) is 0 Å². The van der Waals surface area contributed by atoms with Crippen LogP contribution in [0.4, 0.5) is 0 Å². The third kappa shape index (κ3) is 3.01. The number of hydrogen-bond donors (Lipinski definition) is 1. The Morgan fingerprint density at radius 3 is 2.74 bits per heavy atom. The lowest BCUT2D eigenvalue weighted by Gasteiger charge is -2.37. The van der Waals surface area contributed by atoms with Gasteiger partial charge in [0.15, 0.2) is 0 Å². The smallest absolute Gasteiger partial charge is 0.122 e. The van der Waals surface area contributed by atoms with Gasteiger partial charge in [-0.25, -0.2) is 0 Å². The zero-order valence-corrected chi connectivity index (χ0v) is 12.1. The predicted molar refractivity (Wildman–Crippen MR) is 76.9 cm³/mol. The van der Waals surface area contributed by atoms with E-state index >= 15 is 0 Å². The van der Waals surface area contributed by atoms with E-state index in [1.807, 2.05) is 12.1 Å². The zero-order chi connectivity index (χ0) is 13.8. The van der Waals surface area contributed by atoms with Crippen molar-refractivity contribution in [1.82, 2.24) is 4.90 Å². The molecule has 19 heavy (non-hydrogen) atoms. The first-order chi connectivity index (χ1) is 9.19. The molecule has 2 unspecified atom stereocenters. The summed E-state index contributed by atoms with van der Waals surface area (Å²) in [6.07, 6.45) is 1.11. The van der Waals surface area contributed by atoms with Gasteiger partial charge < -0.3 is 20.1 Å². The third-order valence-corrected chi connectivity index (χ3v) is 4.08. The molecule has 4 heteroatoms. The van der Waals surface area contributed by atoms with Crippen molar-refractivity contribution in [3.63, 3.8) is 0 Å². The summed E-state index contributed by atoms with van der Waals surface area (Å²) in [5.74, 6) is 2.74. The molecule has 0 spiro atoms. The van der Waals surface area contributed by atoms with Gasteiger partial charge in [-0.15, -0.1) is 0 Å². The molecule has 0 amide bonds. The van der Waals surface area contributed by atoms with Crippen LogP contribution >= 0.6 is 0 Å². The highest BCUT2D eigenvalue weighted by Crippen LogP contribution is 2.38. The van der Waals surface area contributed by atoms with Gasteiger partial charge in [0.1, 0.15) is 11.5 Å². The fourth-order valence-corrected chi connectivity index (χ4v) is 2.99. The SMILES string of the molecule is COc1ccc(OC)c(C2CCN(C)CC2CN)c1. The number of likely N-dealkylation sites (tertiary alicyclic amines) is 1. The van der Waals surface area contributed by atoms with Gasteiger partial charge in [-0.05, 0) is 56.6 Å². The number of hydrogen-bond acceptors (Lipinski definition) is 4. The topological polar surface area (TPSA) is 47.7 Å². The summed E-state index contributed by atoms with van der Waals surface area (Å²) in [5.41, 5.74) is 7.18. The quantitative estimate of drug-likeness (QED) is 0.899. The summed E-state index contributed by atoms with van der Waals surface area (Å²) in [6.45, 7) is 2.85. The minimum atomic E-state index is 0.450. The fraction of sp³-hybridized carbons (Fsp3) is 0.600. The standard InChI is InChI=1S/C15H24N2O2/c1-17-7-6-13(11(9-16)10-17)14-8-12(18-2)4-5-15(14)19-3/h4-5,8,11,13H,6-7,9-10,16H2,1-3H3. The summed E-state index contributed by atoms with van der Waals surface area (Å²) >= 11 is 0. The molecule has 0 aliphatic carbocycles. The number of methoxy groups -OCH3 is 2. The molecular formula is C15H24N2O2. The highest BCUT2D eigenvalue weighted by Gasteiger charge is 2.30. The summed E-state index contributed by atoms with van der Waals surface area (Å²) in [4.78, 5) is 2.35. The summed E-state index contributed by atoms with van der Waals surface area (Å²) in [7, 11) is 5.57. The highest BCUT2D eigenvalue weighted by molar-refractivity contribution is 5.43. The van der Waals surface area contributed by atoms with Gasteiger partial charge in [-0.2, -0.15) is 0 Å². The molecule has 1 heterocycles. The maximum Gasteiger partial charge on any atom is 0.122 e. The molecule has 1 aliphatic rings. The van der Waals surface area contributed by atoms with Crippen LogP contribution in [0, 0.1) is 5.92 Å². The van der Waals surface area contributed by atoms with Gasteiger partial charge in [-0.3, -0.25) is 0 Å². The van der Waals surface area contributed by atoms with Crippen LogP contribution < -0.4 is 15.2 Å². The first-order valence-corrected chi connectivity index (χ1v) is 6.80. The van der Waals surface area contributed by atoms with Gasteiger partial charge in [-0.1, -0.05) is 0 Å². The first-order valence-electron chi connectivity index (χ1n) is 6.80. The van der Waals surface area contributed by atoms with E-state index in [4.69, 9.17) is 15.2 Å². The number of nitrogens with zero attached hydrogens (tertiary/aromatic N) is 1. The van der Waals surface area contributed by atoms with Crippen molar-refractivity contribution in [2.75, 3.05) is 40.9 Å². The molecule has 1 fully saturated rings. The Balaban J connectivity index is 2.32. The van der Waals surface area contributed by atoms with E-state index in [-0.39, 0.29) is 0 Å². The van der Waals surface area contributed by atoms with Crippen molar-refractivity contribution in [2.45, 2.75) is 12.3 Å². The van der Waals surface area contributed by atoms with Crippen molar-refractivity contribution < 1.29 is 9.47 Å². The van der Waals surface area contributed by atoms with Crippen molar-refractivity contribution in [2.24, 2.45) is 11.7 Å². The van der Waals surface area contributed by atoms with Crippen LogP contribution in [0.5, 0.6) is 11.5 Å². The summed E-state index contributed by atoms with van der Waals surface area (Å²) in [5, 5.41) is 0. The second kappa shape index (κ2) is 6.26. The molecule has 2 rings (SSSR count). The van der Waals surface area contributed by atoms with Gasteiger partial charge in [0.25, 0.3) is 0 Å². The molecule has 0 aromatic heterocycles. The van der Waals surface area contributed by atoms with E-state index in [9.17, 15) is 0 Å². The molecule has 1 saturated heterocycles. The lowest BCUT2D eigenvalue weighted by molar-refractivity contribution is 0.186.